The number of oxazole rings is 1. The van der Waals surface area contributed by atoms with Crippen molar-refractivity contribution in [3.05, 3.63) is 53.3 Å². The zero-order chi connectivity index (χ0) is 18.1. The van der Waals surface area contributed by atoms with Crippen LogP contribution in [0, 0.1) is 5.82 Å². The topological polar surface area (TPSA) is 75.4 Å². The van der Waals surface area contributed by atoms with E-state index in [1.165, 1.54) is 31.1 Å². The highest BCUT2D eigenvalue weighted by Gasteiger charge is 2.32. The van der Waals surface area contributed by atoms with Crippen molar-refractivity contribution in [3.8, 4) is 11.5 Å². The maximum atomic E-state index is 13.9. The molecule has 1 aromatic heterocycles. The summed E-state index contributed by atoms with van der Waals surface area (Å²) in [5.41, 5.74) is 0.251. The molecule has 0 spiro atoms. The number of Topliss-reactive ketones (excluding diaryl/α,β-unsaturated/α-hetero) is 1. The summed E-state index contributed by atoms with van der Waals surface area (Å²) in [5.74, 6) is -1.59. The van der Waals surface area contributed by atoms with Gasteiger partial charge in [0.2, 0.25) is 23.2 Å². The molecule has 0 saturated carbocycles. The van der Waals surface area contributed by atoms with Crippen molar-refractivity contribution in [2.45, 2.75) is 12.8 Å². The maximum Gasteiger partial charge on any atom is 0.231 e. The zero-order valence-electron chi connectivity index (χ0n) is 14.1. The van der Waals surface area contributed by atoms with Gasteiger partial charge in [-0.2, -0.15) is 0 Å². The van der Waals surface area contributed by atoms with Gasteiger partial charge in [0, 0.05) is 19.2 Å². The van der Waals surface area contributed by atoms with Gasteiger partial charge in [-0.3, -0.25) is 9.59 Å². The largest absolute Gasteiger partial charge is 0.432 e. The molecule has 6 nitrogen and oxygen atoms in total. The minimum absolute atomic E-state index is 0.0680. The number of nitrogens with one attached hydrogen (secondary N) is 1. The van der Waals surface area contributed by atoms with Crippen LogP contribution >= 0.6 is 0 Å². The molecule has 1 aliphatic carbocycles. The molecule has 134 valence electrons. The molecule has 26 heavy (non-hydrogen) atoms. The lowest BCUT2D eigenvalue weighted by Gasteiger charge is -2.17. The first-order valence-electron chi connectivity index (χ1n) is 8.66. The number of aromatic nitrogens is 1. The summed E-state index contributed by atoms with van der Waals surface area (Å²) in [4.78, 5) is 31.3. The summed E-state index contributed by atoms with van der Waals surface area (Å²) in [6, 6.07) is 5.94. The molecule has 0 unspecified atom stereocenters. The van der Waals surface area contributed by atoms with Crippen LogP contribution in [0.2, 0.25) is 0 Å². The Morgan fingerprint density at radius 3 is 2.73 bits per heavy atom. The van der Waals surface area contributed by atoms with E-state index in [1.54, 1.807) is 12.1 Å². The van der Waals surface area contributed by atoms with Crippen LogP contribution < -0.4 is 5.32 Å². The van der Waals surface area contributed by atoms with E-state index in [9.17, 15) is 14.0 Å². The Balaban J connectivity index is 1.52. The van der Waals surface area contributed by atoms with Crippen LogP contribution in [-0.4, -0.2) is 47.6 Å². The minimum atomic E-state index is -0.525. The zero-order valence-corrected chi connectivity index (χ0v) is 14.1. The van der Waals surface area contributed by atoms with Crippen LogP contribution in [0.1, 0.15) is 33.9 Å². The number of hydrogen-bond donors (Lipinski definition) is 1. The lowest BCUT2D eigenvalue weighted by Crippen LogP contribution is -2.33. The summed E-state index contributed by atoms with van der Waals surface area (Å²) in [7, 11) is 0. The Morgan fingerprint density at radius 2 is 1.96 bits per heavy atom. The van der Waals surface area contributed by atoms with Crippen LogP contribution in [0.25, 0.3) is 11.5 Å². The molecular weight excluding hydrogens is 337 g/mol. The van der Waals surface area contributed by atoms with Crippen molar-refractivity contribution in [2.75, 3.05) is 26.2 Å². The van der Waals surface area contributed by atoms with E-state index >= 15 is 0 Å². The number of benzene rings is 1. The highest BCUT2D eigenvalue weighted by molar-refractivity contribution is 6.22. The second-order valence-electron chi connectivity index (χ2n) is 6.40. The number of rotatable bonds is 5. The maximum absolute atomic E-state index is 13.9. The Labute approximate surface area is 149 Å². The molecule has 2 aliphatic rings. The van der Waals surface area contributed by atoms with Crippen molar-refractivity contribution < 1.29 is 18.4 Å². The molecule has 0 bridgehead atoms. The molecular formula is C19H18FN3O3. The predicted octanol–water partition coefficient (Wildman–Crippen LogP) is 2.43. The summed E-state index contributed by atoms with van der Waals surface area (Å²) < 4.78 is 19.3. The normalized spacial score (nSPS) is 17.3. The number of carbonyl (C=O) groups is 2. The lowest BCUT2D eigenvalue weighted by atomic mass is 10.0. The number of allylic oxidation sites excluding steroid dienone is 2. The van der Waals surface area contributed by atoms with Crippen molar-refractivity contribution in [1.29, 1.82) is 0 Å². The van der Waals surface area contributed by atoms with Crippen molar-refractivity contribution in [1.82, 2.24) is 15.2 Å². The molecule has 1 aliphatic heterocycles. The van der Waals surface area contributed by atoms with Gasteiger partial charge in [-0.25, -0.2) is 9.37 Å². The fourth-order valence-electron chi connectivity index (χ4n) is 3.27. The van der Waals surface area contributed by atoms with Gasteiger partial charge in [-0.15, -0.1) is 0 Å². The van der Waals surface area contributed by atoms with Gasteiger partial charge in [0.15, 0.2) is 5.69 Å². The van der Waals surface area contributed by atoms with Crippen LogP contribution in [0.5, 0.6) is 0 Å². The number of nitrogens with zero attached hydrogens (tertiary/aromatic N) is 2. The van der Waals surface area contributed by atoms with Crippen molar-refractivity contribution >= 4 is 11.6 Å². The molecule has 1 saturated heterocycles. The fraction of sp³-hybridized carbons (Fsp3) is 0.316. The standard InChI is InChI=1S/C19H18FN3O3/c20-13-6-2-1-5-12(13)19-22-16-17(25)14(11-15(24)18(16)26-19)21-7-10-23-8-3-4-9-23/h1-2,5-6,11,21H,3-4,7-10H2. The monoisotopic (exact) mass is 355 g/mol. The van der Waals surface area contributed by atoms with Gasteiger partial charge in [0.25, 0.3) is 0 Å². The van der Waals surface area contributed by atoms with E-state index in [-0.39, 0.29) is 28.6 Å². The fourth-order valence-corrected chi connectivity index (χ4v) is 3.27. The first-order chi connectivity index (χ1) is 12.6. The molecule has 1 N–H and O–H groups in total. The second-order valence-corrected chi connectivity index (χ2v) is 6.40. The van der Waals surface area contributed by atoms with Gasteiger partial charge < -0.3 is 14.6 Å². The lowest BCUT2D eigenvalue weighted by molar-refractivity contribution is 0.0960. The third-order valence-electron chi connectivity index (χ3n) is 4.63. The van der Waals surface area contributed by atoms with Crippen LogP contribution in [0.15, 0.2) is 40.5 Å². The first kappa shape index (κ1) is 16.7. The minimum Gasteiger partial charge on any atom is -0.432 e. The summed E-state index contributed by atoms with van der Waals surface area (Å²) in [5, 5.41) is 3.02. The van der Waals surface area contributed by atoms with Crippen molar-refractivity contribution in [2.24, 2.45) is 0 Å². The predicted molar refractivity (Wildman–Crippen MR) is 92.3 cm³/mol. The van der Waals surface area contributed by atoms with E-state index in [1.807, 2.05) is 0 Å². The van der Waals surface area contributed by atoms with Crippen LogP contribution in [0.3, 0.4) is 0 Å². The Morgan fingerprint density at radius 1 is 1.19 bits per heavy atom. The van der Waals surface area contributed by atoms with Gasteiger partial charge in [0.1, 0.15) is 5.82 Å². The Hall–Kier alpha value is -2.80. The molecule has 4 rings (SSSR count). The molecule has 2 heterocycles. The highest BCUT2D eigenvalue weighted by Crippen LogP contribution is 2.28. The smallest absolute Gasteiger partial charge is 0.231 e. The van der Waals surface area contributed by atoms with Gasteiger partial charge >= 0.3 is 0 Å². The molecule has 0 amide bonds. The highest BCUT2D eigenvalue weighted by atomic mass is 19.1. The van der Waals surface area contributed by atoms with E-state index in [2.05, 4.69) is 15.2 Å². The summed E-state index contributed by atoms with van der Waals surface area (Å²) >= 11 is 0. The third kappa shape index (κ3) is 3.06. The first-order valence-corrected chi connectivity index (χ1v) is 8.66. The van der Waals surface area contributed by atoms with Gasteiger partial charge in [0.05, 0.1) is 11.3 Å². The number of carbonyl (C=O) groups excluding carboxylic acids is 2. The van der Waals surface area contributed by atoms with Crippen molar-refractivity contribution in [3.63, 3.8) is 0 Å². The summed E-state index contributed by atoms with van der Waals surface area (Å²) in [6.45, 7) is 3.50. The molecule has 0 radical (unpaired) electrons. The van der Waals surface area contributed by atoms with E-state index < -0.39 is 17.4 Å². The Kier molecular flexibility index (Phi) is 4.38. The molecule has 7 heteroatoms. The summed E-state index contributed by atoms with van der Waals surface area (Å²) in [6.07, 6.45) is 3.62. The molecule has 1 fully saturated rings. The average molecular weight is 355 g/mol. The number of ketones is 2. The molecule has 0 atom stereocenters. The number of halogens is 1. The molecule has 2 aromatic rings. The SMILES string of the molecule is O=C1C(NCCN2CCCC2)=CC(=O)c2oc(-c3ccccc3F)nc21. The third-order valence-corrected chi connectivity index (χ3v) is 4.63. The number of fused-ring (bicyclic) bond motifs is 1. The van der Waals surface area contributed by atoms with Gasteiger partial charge in [-0.05, 0) is 38.1 Å². The van der Waals surface area contributed by atoms with E-state index in [4.69, 9.17) is 4.42 Å². The number of hydrogen-bond acceptors (Lipinski definition) is 6. The van der Waals surface area contributed by atoms with E-state index in [0.717, 1.165) is 19.6 Å². The number of likely N-dealkylation sites (tertiary alicyclic amines) is 1. The van der Waals surface area contributed by atoms with Gasteiger partial charge in [-0.1, -0.05) is 12.1 Å². The van der Waals surface area contributed by atoms with Crippen LogP contribution in [0.4, 0.5) is 4.39 Å². The van der Waals surface area contributed by atoms with Crippen LogP contribution in [-0.2, 0) is 0 Å². The Bertz CT molecular complexity index is 897. The van der Waals surface area contributed by atoms with E-state index in [0.29, 0.717) is 6.54 Å². The average Bonchev–Trinajstić information content (AvgIpc) is 3.29. The quantitative estimate of drug-likeness (QED) is 0.888. The molecule has 1 aromatic carbocycles. The second kappa shape index (κ2) is 6.84.